The van der Waals surface area contributed by atoms with Gasteiger partial charge in [0.2, 0.25) is 0 Å². The van der Waals surface area contributed by atoms with Gasteiger partial charge in [-0.05, 0) is 60.6 Å². The van der Waals surface area contributed by atoms with Crippen LogP contribution in [0.2, 0.25) is 0 Å². The highest BCUT2D eigenvalue weighted by Gasteiger charge is 2.47. The molecule has 0 amide bonds. The number of unbranched alkanes of at least 4 members (excludes halogenated alkanes) is 4. The van der Waals surface area contributed by atoms with E-state index >= 15 is 0 Å². The molecule has 3 rings (SSSR count). The highest BCUT2D eigenvalue weighted by molar-refractivity contribution is 5.77. The van der Waals surface area contributed by atoms with E-state index < -0.39 is 11.6 Å². The number of esters is 1. The fraction of sp³-hybridized carbons (Fsp3) is 0.741. The first-order valence-corrected chi connectivity index (χ1v) is 12.4. The van der Waals surface area contributed by atoms with E-state index in [-0.39, 0.29) is 23.9 Å². The number of hydrogen-bond acceptors (Lipinski definition) is 2. The second-order valence-electron chi connectivity index (χ2n) is 9.98. The summed E-state index contributed by atoms with van der Waals surface area (Å²) in [6.07, 6.45) is 10.9. The SMILES string of the molecule is CC(C)[C@@H]1CC[C@@H](C)C[C@H]1OC(=O)[C@@H]1C[C@H]1c1ccc(F)c(F)c1.CCCCCCC. The quantitative estimate of drug-likeness (QED) is 0.304. The molecule has 31 heavy (non-hydrogen) atoms. The van der Waals surface area contributed by atoms with Gasteiger partial charge in [0.1, 0.15) is 6.10 Å². The molecule has 2 saturated carbocycles. The third-order valence-electron chi connectivity index (χ3n) is 6.90. The molecule has 2 fully saturated rings. The van der Waals surface area contributed by atoms with Crippen molar-refractivity contribution in [3.05, 3.63) is 35.4 Å². The Morgan fingerprint density at radius 1 is 1.03 bits per heavy atom. The van der Waals surface area contributed by atoms with Crippen molar-refractivity contribution in [2.24, 2.45) is 23.7 Å². The maximum absolute atomic E-state index is 13.4. The molecule has 2 aliphatic carbocycles. The maximum Gasteiger partial charge on any atom is 0.309 e. The van der Waals surface area contributed by atoms with Crippen molar-refractivity contribution in [3.8, 4) is 0 Å². The Morgan fingerprint density at radius 3 is 2.29 bits per heavy atom. The Labute approximate surface area is 188 Å². The highest BCUT2D eigenvalue weighted by Crippen LogP contribution is 2.49. The summed E-state index contributed by atoms with van der Waals surface area (Å²) in [6.45, 7) is 11.1. The van der Waals surface area contributed by atoms with Crippen LogP contribution in [-0.2, 0) is 9.53 Å². The molecule has 0 radical (unpaired) electrons. The molecule has 0 saturated heterocycles. The molecule has 0 N–H and O–H groups in total. The summed E-state index contributed by atoms with van der Waals surface area (Å²) in [7, 11) is 0. The molecule has 2 aliphatic rings. The first-order valence-electron chi connectivity index (χ1n) is 12.4. The average molecular weight is 437 g/mol. The number of hydrogen-bond donors (Lipinski definition) is 0. The summed E-state index contributed by atoms with van der Waals surface area (Å²) in [4.78, 5) is 12.5. The summed E-state index contributed by atoms with van der Waals surface area (Å²) in [5.74, 6) is -0.622. The van der Waals surface area contributed by atoms with Gasteiger partial charge >= 0.3 is 5.97 Å². The van der Waals surface area contributed by atoms with E-state index in [0.717, 1.165) is 18.9 Å². The number of halogens is 2. The second kappa shape index (κ2) is 12.6. The fourth-order valence-electron chi connectivity index (χ4n) is 4.73. The molecule has 5 atom stereocenters. The zero-order chi connectivity index (χ0) is 23.0. The van der Waals surface area contributed by atoms with Crippen molar-refractivity contribution in [2.75, 3.05) is 0 Å². The number of rotatable bonds is 8. The van der Waals surface area contributed by atoms with Crippen molar-refractivity contribution < 1.29 is 18.3 Å². The monoisotopic (exact) mass is 436 g/mol. The first kappa shape index (κ1) is 25.8. The van der Waals surface area contributed by atoms with Crippen LogP contribution in [0.25, 0.3) is 0 Å². The van der Waals surface area contributed by atoms with Gasteiger partial charge in [-0.2, -0.15) is 0 Å². The van der Waals surface area contributed by atoms with Gasteiger partial charge in [-0.3, -0.25) is 4.79 Å². The minimum absolute atomic E-state index is 0.00699. The number of carbonyl (C=O) groups excluding carboxylic acids is 1. The van der Waals surface area contributed by atoms with Gasteiger partial charge in [0, 0.05) is 0 Å². The molecule has 0 aliphatic heterocycles. The summed E-state index contributed by atoms with van der Waals surface area (Å²) in [6, 6.07) is 3.89. The number of ether oxygens (including phenoxy) is 1. The lowest BCUT2D eigenvalue weighted by molar-refractivity contribution is -0.157. The standard InChI is InChI=1S/C20H26F2O2.C7H16/c1-11(2)14-6-4-12(3)8-19(14)24-20(23)16-10-15(16)13-5-7-17(21)18(22)9-13;1-3-5-7-6-4-2/h5,7,9,11-12,14-16,19H,4,6,8,10H2,1-3H3;3-7H2,1-2H3/t12-,14+,15+,16-,19-;/m1./s1. The van der Waals surface area contributed by atoms with Crippen LogP contribution in [0.4, 0.5) is 8.78 Å². The van der Waals surface area contributed by atoms with E-state index in [1.807, 2.05) is 0 Å². The van der Waals surface area contributed by atoms with Crippen LogP contribution in [0.3, 0.4) is 0 Å². The van der Waals surface area contributed by atoms with Gasteiger partial charge in [0.15, 0.2) is 11.6 Å². The Balaban J connectivity index is 0.000000423. The number of benzene rings is 1. The Hall–Kier alpha value is -1.45. The molecule has 0 bridgehead atoms. The zero-order valence-electron chi connectivity index (χ0n) is 20.1. The molecule has 0 aromatic heterocycles. The minimum Gasteiger partial charge on any atom is -0.462 e. The van der Waals surface area contributed by atoms with Crippen molar-refractivity contribution in [2.45, 2.75) is 104 Å². The zero-order valence-corrected chi connectivity index (χ0v) is 20.1. The Kier molecular flexibility index (Phi) is 10.4. The molecular formula is C27H42F2O2. The summed E-state index contributed by atoms with van der Waals surface area (Å²) >= 11 is 0. The lowest BCUT2D eigenvalue weighted by atomic mass is 9.75. The van der Waals surface area contributed by atoms with Crippen LogP contribution in [0.5, 0.6) is 0 Å². The van der Waals surface area contributed by atoms with Crippen LogP contribution >= 0.6 is 0 Å². The molecule has 1 aromatic carbocycles. The molecular weight excluding hydrogens is 394 g/mol. The van der Waals surface area contributed by atoms with Crippen LogP contribution in [0.15, 0.2) is 18.2 Å². The van der Waals surface area contributed by atoms with Crippen LogP contribution in [0.1, 0.15) is 104 Å². The summed E-state index contributed by atoms with van der Waals surface area (Å²) < 4.78 is 32.3. The van der Waals surface area contributed by atoms with Crippen molar-refractivity contribution in [1.29, 1.82) is 0 Å². The normalized spacial score (nSPS) is 27.4. The first-order chi connectivity index (χ1) is 14.8. The van der Waals surface area contributed by atoms with Gasteiger partial charge in [-0.1, -0.05) is 79.2 Å². The van der Waals surface area contributed by atoms with Crippen LogP contribution in [-0.4, -0.2) is 12.1 Å². The molecule has 176 valence electrons. The minimum atomic E-state index is -0.854. The van der Waals surface area contributed by atoms with E-state index in [0.29, 0.717) is 29.7 Å². The predicted molar refractivity (Wildman–Crippen MR) is 123 cm³/mol. The Morgan fingerprint density at radius 2 is 1.71 bits per heavy atom. The summed E-state index contributed by atoms with van der Waals surface area (Å²) in [5, 5.41) is 0. The van der Waals surface area contributed by atoms with Gasteiger partial charge < -0.3 is 4.74 Å². The maximum atomic E-state index is 13.4. The van der Waals surface area contributed by atoms with Crippen molar-refractivity contribution in [1.82, 2.24) is 0 Å². The predicted octanol–water partition coefficient (Wildman–Crippen LogP) is 8.05. The van der Waals surface area contributed by atoms with Gasteiger partial charge in [-0.25, -0.2) is 8.78 Å². The fourth-order valence-corrected chi connectivity index (χ4v) is 4.73. The highest BCUT2D eigenvalue weighted by atomic mass is 19.2. The molecule has 0 heterocycles. The summed E-state index contributed by atoms with van der Waals surface area (Å²) in [5.41, 5.74) is 0.688. The van der Waals surface area contributed by atoms with E-state index in [2.05, 4.69) is 34.6 Å². The molecule has 0 spiro atoms. The lowest BCUT2D eigenvalue weighted by Crippen LogP contribution is -2.36. The van der Waals surface area contributed by atoms with Crippen molar-refractivity contribution in [3.63, 3.8) is 0 Å². The van der Waals surface area contributed by atoms with E-state index in [1.54, 1.807) is 6.07 Å². The second-order valence-corrected chi connectivity index (χ2v) is 9.98. The topological polar surface area (TPSA) is 26.3 Å². The van der Waals surface area contributed by atoms with E-state index in [9.17, 15) is 13.6 Å². The average Bonchev–Trinajstić information content (AvgIpc) is 3.52. The van der Waals surface area contributed by atoms with E-state index in [4.69, 9.17) is 4.74 Å². The number of carbonyl (C=O) groups is 1. The van der Waals surface area contributed by atoms with Crippen LogP contribution < -0.4 is 0 Å². The lowest BCUT2D eigenvalue weighted by Gasteiger charge is -2.36. The van der Waals surface area contributed by atoms with Gasteiger partial charge in [-0.15, -0.1) is 0 Å². The van der Waals surface area contributed by atoms with Crippen molar-refractivity contribution >= 4 is 5.97 Å². The molecule has 1 aromatic rings. The van der Waals surface area contributed by atoms with Gasteiger partial charge in [0.25, 0.3) is 0 Å². The molecule has 0 unspecified atom stereocenters. The van der Waals surface area contributed by atoms with E-state index in [1.165, 1.54) is 44.6 Å². The smallest absolute Gasteiger partial charge is 0.309 e. The largest absolute Gasteiger partial charge is 0.462 e. The van der Waals surface area contributed by atoms with Crippen LogP contribution in [0, 0.1) is 35.3 Å². The third kappa shape index (κ3) is 7.88. The molecule has 4 heteroatoms. The Bertz CT molecular complexity index is 684. The third-order valence-corrected chi connectivity index (χ3v) is 6.90. The molecule has 2 nitrogen and oxygen atoms in total. The van der Waals surface area contributed by atoms with Gasteiger partial charge in [0.05, 0.1) is 5.92 Å².